The van der Waals surface area contributed by atoms with Crippen molar-refractivity contribution >= 4 is 5.91 Å². The normalized spacial score (nSPS) is 11.4. The molecule has 0 aliphatic heterocycles. The van der Waals surface area contributed by atoms with Gasteiger partial charge in [0.1, 0.15) is 5.75 Å². The highest BCUT2D eigenvalue weighted by molar-refractivity contribution is 5.80. The van der Waals surface area contributed by atoms with E-state index >= 15 is 0 Å². The van der Waals surface area contributed by atoms with Crippen LogP contribution in [0.2, 0.25) is 0 Å². The van der Waals surface area contributed by atoms with Gasteiger partial charge in [-0.1, -0.05) is 18.1 Å². The Morgan fingerprint density at radius 1 is 1.53 bits per heavy atom. The van der Waals surface area contributed by atoms with Crippen molar-refractivity contribution in [2.45, 2.75) is 26.9 Å². The molecule has 0 bridgehead atoms. The van der Waals surface area contributed by atoms with Crippen molar-refractivity contribution in [1.29, 1.82) is 0 Å². The average Bonchev–Trinajstić information content (AvgIpc) is 2.31. The summed E-state index contributed by atoms with van der Waals surface area (Å²) in [5.41, 5.74) is 2.18. The number of hydrogen-bond acceptors (Lipinski definition) is 2. The highest BCUT2D eigenvalue weighted by atomic mass is 16.5. The number of carbonyl (C=O) groups excluding carboxylic acids is 1. The standard InChI is InChI=1S/C14H17NO2/c1-5-9-15-14(16)12(4)17-13-8-6-7-10(2)11(13)3/h1,6-8,12H,9H2,2-4H3,(H,15,16). The minimum absolute atomic E-state index is 0.205. The van der Waals surface area contributed by atoms with E-state index in [-0.39, 0.29) is 12.5 Å². The zero-order valence-electron chi connectivity index (χ0n) is 10.4. The van der Waals surface area contributed by atoms with Crippen LogP contribution in [0.25, 0.3) is 0 Å². The van der Waals surface area contributed by atoms with Gasteiger partial charge >= 0.3 is 0 Å². The number of amides is 1. The third kappa shape index (κ3) is 3.53. The first kappa shape index (κ1) is 13.1. The Balaban J connectivity index is 2.68. The highest BCUT2D eigenvalue weighted by Gasteiger charge is 2.14. The van der Waals surface area contributed by atoms with Crippen LogP contribution in [0, 0.1) is 26.2 Å². The van der Waals surface area contributed by atoms with E-state index in [1.807, 2.05) is 32.0 Å². The van der Waals surface area contributed by atoms with Gasteiger partial charge in [0.25, 0.3) is 5.91 Å². The van der Waals surface area contributed by atoms with Gasteiger partial charge in [-0.2, -0.15) is 0 Å². The molecule has 0 heterocycles. The second-order valence-corrected chi connectivity index (χ2v) is 3.88. The van der Waals surface area contributed by atoms with E-state index in [1.54, 1.807) is 6.92 Å². The first-order chi connectivity index (χ1) is 8.06. The van der Waals surface area contributed by atoms with Crippen molar-refractivity contribution in [3.8, 4) is 18.1 Å². The van der Waals surface area contributed by atoms with Gasteiger partial charge in [0, 0.05) is 0 Å². The summed E-state index contributed by atoms with van der Waals surface area (Å²) in [5, 5.41) is 2.59. The summed E-state index contributed by atoms with van der Waals surface area (Å²) >= 11 is 0. The molecular weight excluding hydrogens is 214 g/mol. The molecular formula is C14H17NO2. The van der Waals surface area contributed by atoms with Gasteiger partial charge in [0.15, 0.2) is 6.10 Å². The molecule has 0 saturated carbocycles. The van der Waals surface area contributed by atoms with Crippen molar-refractivity contribution in [1.82, 2.24) is 5.32 Å². The predicted octanol–water partition coefficient (Wildman–Crippen LogP) is 1.82. The molecule has 1 aromatic carbocycles. The Bertz CT molecular complexity index is 446. The predicted molar refractivity (Wildman–Crippen MR) is 67.8 cm³/mol. The van der Waals surface area contributed by atoms with Crippen LogP contribution < -0.4 is 10.1 Å². The molecule has 90 valence electrons. The largest absolute Gasteiger partial charge is 0.481 e. The SMILES string of the molecule is C#CCNC(=O)C(C)Oc1cccc(C)c1C. The number of aryl methyl sites for hydroxylation is 1. The van der Waals surface area contributed by atoms with Crippen LogP contribution in [-0.2, 0) is 4.79 Å². The fourth-order valence-electron chi connectivity index (χ4n) is 1.38. The van der Waals surface area contributed by atoms with E-state index in [4.69, 9.17) is 11.2 Å². The molecule has 0 aromatic heterocycles. The van der Waals surface area contributed by atoms with Gasteiger partial charge < -0.3 is 10.1 Å². The molecule has 0 aliphatic carbocycles. The number of carbonyl (C=O) groups is 1. The number of ether oxygens (including phenoxy) is 1. The molecule has 1 rings (SSSR count). The molecule has 17 heavy (non-hydrogen) atoms. The number of benzene rings is 1. The monoisotopic (exact) mass is 231 g/mol. The smallest absolute Gasteiger partial charge is 0.261 e. The van der Waals surface area contributed by atoms with Gasteiger partial charge in [-0.15, -0.1) is 6.42 Å². The van der Waals surface area contributed by atoms with E-state index < -0.39 is 6.10 Å². The zero-order valence-corrected chi connectivity index (χ0v) is 10.4. The molecule has 1 atom stereocenters. The summed E-state index contributed by atoms with van der Waals surface area (Å²) in [6, 6.07) is 5.77. The second-order valence-electron chi connectivity index (χ2n) is 3.88. The maximum Gasteiger partial charge on any atom is 0.261 e. The summed E-state index contributed by atoms with van der Waals surface area (Å²) in [5.74, 6) is 2.88. The van der Waals surface area contributed by atoms with Crippen molar-refractivity contribution in [2.24, 2.45) is 0 Å². The average molecular weight is 231 g/mol. The Labute approximate surface area is 102 Å². The summed E-state index contributed by atoms with van der Waals surface area (Å²) in [6.45, 7) is 5.90. The lowest BCUT2D eigenvalue weighted by Crippen LogP contribution is -2.36. The molecule has 3 nitrogen and oxygen atoms in total. The summed E-state index contributed by atoms with van der Waals surface area (Å²) in [7, 11) is 0. The van der Waals surface area contributed by atoms with E-state index in [9.17, 15) is 4.79 Å². The Hall–Kier alpha value is -1.95. The lowest BCUT2D eigenvalue weighted by atomic mass is 10.1. The van der Waals surface area contributed by atoms with Crippen LogP contribution in [0.15, 0.2) is 18.2 Å². The Kier molecular flexibility index (Phi) is 4.59. The number of nitrogens with one attached hydrogen (secondary N) is 1. The molecule has 1 N–H and O–H groups in total. The van der Waals surface area contributed by atoms with Gasteiger partial charge in [-0.3, -0.25) is 4.79 Å². The van der Waals surface area contributed by atoms with Crippen molar-refractivity contribution < 1.29 is 9.53 Å². The fourth-order valence-corrected chi connectivity index (χ4v) is 1.38. The molecule has 1 amide bonds. The lowest BCUT2D eigenvalue weighted by molar-refractivity contribution is -0.127. The second kappa shape index (κ2) is 5.95. The fraction of sp³-hybridized carbons (Fsp3) is 0.357. The number of terminal acetylenes is 1. The Morgan fingerprint density at radius 3 is 2.88 bits per heavy atom. The molecule has 0 spiro atoms. The van der Waals surface area contributed by atoms with Crippen molar-refractivity contribution in [3.63, 3.8) is 0 Å². The minimum atomic E-state index is -0.552. The molecule has 3 heteroatoms. The lowest BCUT2D eigenvalue weighted by Gasteiger charge is -2.16. The van der Waals surface area contributed by atoms with E-state index in [2.05, 4.69) is 11.2 Å². The van der Waals surface area contributed by atoms with Crippen LogP contribution in [0.3, 0.4) is 0 Å². The number of hydrogen-bond donors (Lipinski definition) is 1. The molecule has 0 radical (unpaired) electrons. The van der Waals surface area contributed by atoms with Gasteiger partial charge in [0.2, 0.25) is 0 Å². The molecule has 0 fully saturated rings. The van der Waals surface area contributed by atoms with E-state index in [0.29, 0.717) is 0 Å². The molecule has 1 unspecified atom stereocenters. The van der Waals surface area contributed by atoms with Gasteiger partial charge in [0.05, 0.1) is 6.54 Å². The number of rotatable bonds is 4. The van der Waals surface area contributed by atoms with Gasteiger partial charge in [-0.25, -0.2) is 0 Å². The first-order valence-corrected chi connectivity index (χ1v) is 5.50. The van der Waals surface area contributed by atoms with Crippen LogP contribution in [0.5, 0.6) is 5.75 Å². The van der Waals surface area contributed by atoms with Crippen LogP contribution in [0.1, 0.15) is 18.1 Å². The van der Waals surface area contributed by atoms with Crippen molar-refractivity contribution in [3.05, 3.63) is 29.3 Å². The minimum Gasteiger partial charge on any atom is -0.481 e. The van der Waals surface area contributed by atoms with E-state index in [1.165, 1.54) is 0 Å². The maximum atomic E-state index is 11.6. The third-order valence-electron chi connectivity index (χ3n) is 2.59. The molecule has 1 aromatic rings. The zero-order chi connectivity index (χ0) is 12.8. The quantitative estimate of drug-likeness (QED) is 0.803. The maximum absolute atomic E-state index is 11.6. The van der Waals surface area contributed by atoms with E-state index in [0.717, 1.165) is 16.9 Å². The van der Waals surface area contributed by atoms with Crippen LogP contribution in [0.4, 0.5) is 0 Å². The Morgan fingerprint density at radius 2 is 2.24 bits per heavy atom. The molecule has 0 saturated heterocycles. The van der Waals surface area contributed by atoms with Crippen LogP contribution in [-0.4, -0.2) is 18.6 Å². The summed E-state index contributed by atoms with van der Waals surface area (Å²) < 4.78 is 5.60. The summed E-state index contributed by atoms with van der Waals surface area (Å²) in [4.78, 5) is 11.6. The highest BCUT2D eigenvalue weighted by Crippen LogP contribution is 2.21. The third-order valence-corrected chi connectivity index (χ3v) is 2.59. The topological polar surface area (TPSA) is 38.3 Å². The van der Waals surface area contributed by atoms with Crippen molar-refractivity contribution in [2.75, 3.05) is 6.54 Å². The molecule has 0 aliphatic rings. The summed E-state index contributed by atoms with van der Waals surface area (Å²) in [6.07, 6.45) is 4.52. The first-order valence-electron chi connectivity index (χ1n) is 5.50. The van der Waals surface area contributed by atoms with Gasteiger partial charge in [-0.05, 0) is 38.0 Å². The van der Waals surface area contributed by atoms with Crippen LogP contribution >= 0.6 is 0 Å².